The molecule has 0 aromatic carbocycles. The van der Waals surface area contributed by atoms with E-state index in [0.29, 0.717) is 19.4 Å². The van der Waals surface area contributed by atoms with Gasteiger partial charge in [-0.15, -0.1) is 0 Å². The van der Waals surface area contributed by atoms with Gasteiger partial charge in [0.15, 0.2) is 0 Å². The molecule has 2 atom stereocenters. The molecule has 21 heavy (non-hydrogen) atoms. The Morgan fingerprint density at radius 3 is 3.05 bits per heavy atom. The van der Waals surface area contributed by atoms with Gasteiger partial charge in [-0.1, -0.05) is 0 Å². The maximum atomic E-state index is 9.16. The summed E-state index contributed by atoms with van der Waals surface area (Å²) in [6.07, 6.45) is 5.04. The van der Waals surface area contributed by atoms with Crippen LogP contribution in [-0.2, 0) is 11.3 Å². The Hall–Kier alpha value is -1.89. The predicted molar refractivity (Wildman–Crippen MR) is 77.1 cm³/mol. The summed E-state index contributed by atoms with van der Waals surface area (Å²) < 4.78 is 7.68. The summed E-state index contributed by atoms with van der Waals surface area (Å²) in [7, 11) is 0. The van der Waals surface area contributed by atoms with E-state index in [4.69, 9.17) is 15.3 Å². The highest BCUT2D eigenvalue weighted by atomic mass is 16.5. The zero-order valence-electron chi connectivity index (χ0n) is 12.4. The van der Waals surface area contributed by atoms with Crippen LogP contribution in [0.15, 0.2) is 12.4 Å². The highest BCUT2D eigenvalue weighted by molar-refractivity contribution is 4.99. The Labute approximate surface area is 125 Å². The summed E-state index contributed by atoms with van der Waals surface area (Å²) in [6.45, 7) is 5.81. The van der Waals surface area contributed by atoms with Crippen LogP contribution in [0, 0.1) is 35.5 Å². The van der Waals surface area contributed by atoms with Crippen molar-refractivity contribution in [3.05, 3.63) is 18.0 Å². The average Bonchev–Trinajstić information content (AvgIpc) is 2.89. The molecular weight excluding hydrogens is 266 g/mol. The SMILES string of the molecule is Cc1cnn(C[C@@H]2CN(C[C@H](C#N)CCC#N)CCO2)c1. The van der Waals surface area contributed by atoms with Crippen LogP contribution < -0.4 is 0 Å². The van der Waals surface area contributed by atoms with Gasteiger partial charge < -0.3 is 4.74 Å². The van der Waals surface area contributed by atoms with Crippen molar-refractivity contribution in [3.63, 3.8) is 0 Å². The highest BCUT2D eigenvalue weighted by Crippen LogP contribution is 2.13. The Morgan fingerprint density at radius 2 is 2.38 bits per heavy atom. The van der Waals surface area contributed by atoms with Crippen molar-refractivity contribution in [3.8, 4) is 12.1 Å². The molecule has 2 heterocycles. The molecule has 0 aliphatic carbocycles. The number of rotatable bonds is 6. The zero-order chi connectivity index (χ0) is 15.1. The van der Waals surface area contributed by atoms with Gasteiger partial charge in [-0.05, 0) is 18.9 Å². The van der Waals surface area contributed by atoms with Crippen LogP contribution in [0.5, 0.6) is 0 Å². The van der Waals surface area contributed by atoms with Crippen molar-refractivity contribution >= 4 is 0 Å². The van der Waals surface area contributed by atoms with Crippen molar-refractivity contribution in [2.45, 2.75) is 32.4 Å². The Balaban J connectivity index is 1.83. The Kier molecular flexibility index (Phi) is 5.74. The number of hydrogen-bond donors (Lipinski definition) is 0. The largest absolute Gasteiger partial charge is 0.374 e. The molecular formula is C15H21N5O. The van der Waals surface area contributed by atoms with Gasteiger partial charge in [0, 0.05) is 32.3 Å². The van der Waals surface area contributed by atoms with E-state index in [1.54, 1.807) is 0 Å². The Morgan fingerprint density at radius 1 is 1.52 bits per heavy atom. The van der Waals surface area contributed by atoms with Crippen LogP contribution in [0.4, 0.5) is 0 Å². The molecule has 6 nitrogen and oxygen atoms in total. The second-order valence-electron chi connectivity index (χ2n) is 5.51. The van der Waals surface area contributed by atoms with E-state index in [1.807, 2.05) is 24.0 Å². The third-order valence-corrected chi connectivity index (χ3v) is 3.64. The van der Waals surface area contributed by atoms with Gasteiger partial charge in [-0.2, -0.15) is 15.6 Å². The van der Waals surface area contributed by atoms with E-state index >= 15 is 0 Å². The lowest BCUT2D eigenvalue weighted by atomic mass is 10.0. The molecule has 0 bridgehead atoms. The molecule has 1 fully saturated rings. The van der Waals surface area contributed by atoms with Gasteiger partial charge in [0.1, 0.15) is 0 Å². The molecule has 0 unspecified atom stereocenters. The van der Waals surface area contributed by atoms with E-state index < -0.39 is 0 Å². The summed E-state index contributed by atoms with van der Waals surface area (Å²) in [5.41, 5.74) is 1.14. The fourth-order valence-electron chi connectivity index (χ4n) is 2.58. The molecule has 0 N–H and O–H groups in total. The van der Waals surface area contributed by atoms with Crippen LogP contribution in [0.2, 0.25) is 0 Å². The maximum Gasteiger partial charge on any atom is 0.0898 e. The molecule has 1 aromatic heterocycles. The molecule has 0 amide bonds. The molecule has 1 aliphatic heterocycles. The van der Waals surface area contributed by atoms with Crippen molar-refractivity contribution in [2.24, 2.45) is 5.92 Å². The predicted octanol–water partition coefficient (Wildman–Crippen LogP) is 1.34. The van der Waals surface area contributed by atoms with E-state index in [1.165, 1.54) is 0 Å². The van der Waals surface area contributed by atoms with E-state index in [0.717, 1.165) is 31.7 Å². The van der Waals surface area contributed by atoms with Crippen LogP contribution in [0.3, 0.4) is 0 Å². The van der Waals surface area contributed by atoms with Crippen molar-refractivity contribution in [2.75, 3.05) is 26.2 Å². The molecule has 2 rings (SSSR count). The fourth-order valence-corrected chi connectivity index (χ4v) is 2.58. The lowest BCUT2D eigenvalue weighted by molar-refractivity contribution is -0.0400. The number of nitrogens with zero attached hydrogens (tertiary/aromatic N) is 5. The summed E-state index contributed by atoms with van der Waals surface area (Å²) in [5, 5.41) is 22.1. The standard InChI is InChI=1S/C15H21N5O/c1-13-8-18-20(9-13)12-15-11-19(5-6-21-15)10-14(7-17)3-2-4-16/h8-9,14-15H,2-3,5-6,10-12H2,1H3/t14-,15-/m0/s1. The van der Waals surface area contributed by atoms with E-state index in [9.17, 15) is 0 Å². The third-order valence-electron chi connectivity index (χ3n) is 3.64. The van der Waals surface area contributed by atoms with Crippen molar-refractivity contribution < 1.29 is 4.74 Å². The quantitative estimate of drug-likeness (QED) is 0.789. The molecule has 112 valence electrons. The molecule has 1 aromatic rings. The normalized spacial score (nSPS) is 20.6. The minimum absolute atomic E-state index is 0.0738. The monoisotopic (exact) mass is 287 g/mol. The molecule has 1 aliphatic rings. The van der Waals surface area contributed by atoms with Crippen LogP contribution in [0.25, 0.3) is 0 Å². The topological polar surface area (TPSA) is 77.9 Å². The van der Waals surface area contributed by atoms with Gasteiger partial charge in [-0.25, -0.2) is 0 Å². The fraction of sp³-hybridized carbons (Fsp3) is 0.667. The summed E-state index contributed by atoms with van der Waals surface area (Å²) in [5.74, 6) is -0.0738. The number of nitriles is 2. The minimum Gasteiger partial charge on any atom is -0.374 e. The van der Waals surface area contributed by atoms with Crippen LogP contribution in [0.1, 0.15) is 18.4 Å². The first-order chi connectivity index (χ1) is 10.2. The van der Waals surface area contributed by atoms with E-state index in [2.05, 4.69) is 22.1 Å². The summed E-state index contributed by atoms with van der Waals surface area (Å²) in [6, 6.07) is 4.41. The molecule has 6 heteroatoms. The number of ether oxygens (including phenoxy) is 1. The summed E-state index contributed by atoms with van der Waals surface area (Å²) >= 11 is 0. The van der Waals surface area contributed by atoms with Gasteiger partial charge in [0.2, 0.25) is 0 Å². The second kappa shape index (κ2) is 7.78. The van der Waals surface area contributed by atoms with Gasteiger partial charge in [-0.3, -0.25) is 9.58 Å². The first kappa shape index (κ1) is 15.5. The van der Waals surface area contributed by atoms with Crippen LogP contribution in [-0.4, -0.2) is 47.0 Å². The molecule has 0 saturated carbocycles. The zero-order valence-corrected chi connectivity index (χ0v) is 12.4. The number of aryl methyl sites for hydroxylation is 1. The molecule has 0 spiro atoms. The number of hydrogen-bond acceptors (Lipinski definition) is 5. The minimum atomic E-state index is -0.0738. The van der Waals surface area contributed by atoms with Crippen LogP contribution >= 0.6 is 0 Å². The smallest absolute Gasteiger partial charge is 0.0898 e. The first-order valence-corrected chi connectivity index (χ1v) is 7.31. The Bertz CT molecular complexity index is 527. The van der Waals surface area contributed by atoms with E-state index in [-0.39, 0.29) is 12.0 Å². The van der Waals surface area contributed by atoms with Gasteiger partial charge >= 0.3 is 0 Å². The summed E-state index contributed by atoms with van der Waals surface area (Å²) in [4.78, 5) is 2.26. The second-order valence-corrected chi connectivity index (χ2v) is 5.51. The average molecular weight is 287 g/mol. The third kappa shape index (κ3) is 4.86. The highest BCUT2D eigenvalue weighted by Gasteiger charge is 2.23. The molecule has 1 saturated heterocycles. The number of morpholine rings is 1. The van der Waals surface area contributed by atoms with Gasteiger partial charge in [0.25, 0.3) is 0 Å². The molecule has 0 radical (unpaired) electrons. The van der Waals surface area contributed by atoms with Crippen molar-refractivity contribution in [1.82, 2.24) is 14.7 Å². The van der Waals surface area contributed by atoms with Gasteiger partial charge in [0.05, 0.1) is 43.5 Å². The van der Waals surface area contributed by atoms with Crippen molar-refractivity contribution in [1.29, 1.82) is 10.5 Å². The number of aromatic nitrogens is 2. The lowest BCUT2D eigenvalue weighted by Gasteiger charge is -2.33. The lowest BCUT2D eigenvalue weighted by Crippen LogP contribution is -2.45. The maximum absolute atomic E-state index is 9.16. The first-order valence-electron chi connectivity index (χ1n) is 7.31.